The summed E-state index contributed by atoms with van der Waals surface area (Å²) in [5, 5.41) is 20.1. The van der Waals surface area contributed by atoms with Crippen LogP contribution in [0.4, 0.5) is 4.39 Å². The van der Waals surface area contributed by atoms with Crippen molar-refractivity contribution in [2.75, 3.05) is 13.2 Å². The molecular formula is C11H13ClFNO3. The Morgan fingerprint density at radius 1 is 1.47 bits per heavy atom. The maximum atomic E-state index is 13.1. The minimum Gasteiger partial charge on any atom is -0.394 e. The first-order chi connectivity index (χ1) is 7.93. The average Bonchev–Trinajstić information content (AvgIpc) is 2.32. The highest BCUT2D eigenvalue weighted by atomic mass is 35.5. The summed E-state index contributed by atoms with van der Waals surface area (Å²) in [5.74, 6) is -1.35. The molecule has 6 heteroatoms. The van der Waals surface area contributed by atoms with Gasteiger partial charge >= 0.3 is 0 Å². The van der Waals surface area contributed by atoms with E-state index in [2.05, 4.69) is 5.32 Å². The van der Waals surface area contributed by atoms with Crippen LogP contribution in [0.3, 0.4) is 0 Å². The van der Waals surface area contributed by atoms with Crippen molar-refractivity contribution in [2.45, 2.75) is 12.5 Å². The van der Waals surface area contributed by atoms with Crippen molar-refractivity contribution in [3.63, 3.8) is 0 Å². The molecule has 0 atom stereocenters. The molecule has 94 valence electrons. The normalized spacial score (nSPS) is 11.4. The van der Waals surface area contributed by atoms with Crippen LogP contribution in [0.1, 0.15) is 17.3 Å². The van der Waals surface area contributed by atoms with Crippen molar-refractivity contribution in [2.24, 2.45) is 0 Å². The molecule has 0 aliphatic heterocycles. The van der Waals surface area contributed by atoms with Crippen molar-refractivity contribution < 1.29 is 19.4 Å². The van der Waals surface area contributed by atoms with E-state index in [0.29, 0.717) is 0 Å². The third-order valence-electron chi connectivity index (χ3n) is 2.31. The summed E-state index contributed by atoms with van der Waals surface area (Å²) in [6.45, 7) is 0.572. The fourth-order valence-electron chi connectivity index (χ4n) is 1.15. The zero-order valence-electron chi connectivity index (χ0n) is 9.20. The van der Waals surface area contributed by atoms with Gasteiger partial charge in [-0.1, -0.05) is 17.7 Å². The highest BCUT2D eigenvalue weighted by Gasteiger charge is 2.26. The monoisotopic (exact) mass is 261 g/mol. The largest absolute Gasteiger partial charge is 0.394 e. The zero-order chi connectivity index (χ0) is 13.1. The summed E-state index contributed by atoms with van der Waals surface area (Å²) in [6, 6.07) is 3.84. The van der Waals surface area contributed by atoms with Crippen molar-refractivity contribution in [3.8, 4) is 0 Å². The number of amides is 1. The van der Waals surface area contributed by atoms with Crippen LogP contribution in [0, 0.1) is 5.82 Å². The molecule has 0 saturated heterocycles. The van der Waals surface area contributed by atoms with E-state index in [1.54, 1.807) is 0 Å². The van der Waals surface area contributed by atoms with Gasteiger partial charge in [-0.25, -0.2) is 4.39 Å². The number of hydrogen-bond donors (Lipinski definition) is 3. The number of carbonyl (C=O) groups excluding carboxylic acids is 1. The Morgan fingerprint density at radius 3 is 2.59 bits per heavy atom. The van der Waals surface area contributed by atoms with E-state index in [0.717, 1.165) is 6.07 Å². The SMILES string of the molecule is CC(CO)(CO)NC(=O)c1cccc(F)c1Cl. The smallest absolute Gasteiger partial charge is 0.253 e. The van der Waals surface area contributed by atoms with Gasteiger partial charge in [-0.05, 0) is 19.1 Å². The first kappa shape index (κ1) is 13.9. The molecule has 4 nitrogen and oxygen atoms in total. The van der Waals surface area contributed by atoms with Crippen molar-refractivity contribution in [3.05, 3.63) is 34.6 Å². The third kappa shape index (κ3) is 3.15. The molecule has 3 N–H and O–H groups in total. The lowest BCUT2D eigenvalue weighted by atomic mass is 10.0. The number of rotatable bonds is 4. The molecule has 1 aromatic carbocycles. The lowest BCUT2D eigenvalue weighted by molar-refractivity contribution is 0.0723. The van der Waals surface area contributed by atoms with Gasteiger partial charge in [0.15, 0.2) is 0 Å². The molecule has 0 aliphatic carbocycles. The van der Waals surface area contributed by atoms with Gasteiger partial charge in [-0.2, -0.15) is 0 Å². The number of hydrogen-bond acceptors (Lipinski definition) is 3. The van der Waals surface area contributed by atoms with Crippen LogP contribution in [0.5, 0.6) is 0 Å². The summed E-state index contributed by atoms with van der Waals surface area (Å²) in [5.41, 5.74) is -1.22. The van der Waals surface area contributed by atoms with Crippen molar-refractivity contribution in [1.29, 1.82) is 0 Å². The summed E-state index contributed by atoms with van der Waals surface area (Å²) < 4.78 is 13.1. The van der Waals surface area contributed by atoms with Crippen LogP contribution in [0.2, 0.25) is 5.02 Å². The molecule has 0 aliphatic rings. The van der Waals surface area contributed by atoms with E-state index < -0.39 is 30.5 Å². The predicted octanol–water partition coefficient (Wildman–Crippen LogP) is 0.952. The Bertz CT molecular complexity index is 421. The summed E-state index contributed by atoms with van der Waals surface area (Å²) in [6.07, 6.45) is 0. The fraction of sp³-hybridized carbons (Fsp3) is 0.364. The Labute approximate surface area is 103 Å². The quantitative estimate of drug-likeness (QED) is 0.756. The third-order valence-corrected chi connectivity index (χ3v) is 2.69. The second kappa shape index (κ2) is 5.44. The van der Waals surface area contributed by atoms with Crippen LogP contribution in [-0.4, -0.2) is 34.9 Å². The summed E-state index contributed by atoms with van der Waals surface area (Å²) in [7, 11) is 0. The Kier molecular flexibility index (Phi) is 4.45. The predicted molar refractivity (Wildman–Crippen MR) is 61.5 cm³/mol. The Morgan fingerprint density at radius 2 is 2.06 bits per heavy atom. The van der Waals surface area contributed by atoms with E-state index >= 15 is 0 Å². The van der Waals surface area contributed by atoms with Crippen LogP contribution in [0.25, 0.3) is 0 Å². The fourth-order valence-corrected chi connectivity index (χ4v) is 1.36. The highest BCUT2D eigenvalue weighted by molar-refractivity contribution is 6.34. The molecule has 17 heavy (non-hydrogen) atoms. The molecule has 0 fully saturated rings. The number of aliphatic hydroxyl groups excluding tert-OH is 2. The van der Waals surface area contributed by atoms with E-state index in [9.17, 15) is 9.18 Å². The maximum Gasteiger partial charge on any atom is 0.253 e. The average molecular weight is 262 g/mol. The van der Waals surface area contributed by atoms with E-state index in [1.165, 1.54) is 19.1 Å². The highest BCUT2D eigenvalue weighted by Crippen LogP contribution is 2.20. The molecule has 0 radical (unpaired) electrons. The lowest BCUT2D eigenvalue weighted by Gasteiger charge is -2.26. The number of halogens is 2. The van der Waals surface area contributed by atoms with Gasteiger partial charge in [0, 0.05) is 0 Å². The molecule has 0 heterocycles. The second-order valence-corrected chi connectivity index (χ2v) is 4.31. The maximum absolute atomic E-state index is 13.1. The molecule has 0 aromatic heterocycles. The van der Waals surface area contributed by atoms with Gasteiger partial charge in [0.05, 0.1) is 29.3 Å². The van der Waals surface area contributed by atoms with Crippen molar-refractivity contribution >= 4 is 17.5 Å². The van der Waals surface area contributed by atoms with Crippen LogP contribution >= 0.6 is 11.6 Å². The van der Waals surface area contributed by atoms with Crippen molar-refractivity contribution in [1.82, 2.24) is 5.32 Å². The molecule has 0 bridgehead atoms. The zero-order valence-corrected chi connectivity index (χ0v) is 9.96. The standard InChI is InChI=1S/C11H13ClFNO3/c1-11(5-15,6-16)14-10(17)7-3-2-4-8(13)9(7)12/h2-4,15-16H,5-6H2,1H3,(H,14,17). The minimum atomic E-state index is -1.17. The lowest BCUT2D eigenvalue weighted by Crippen LogP contribution is -2.51. The van der Waals surface area contributed by atoms with Gasteiger partial charge < -0.3 is 15.5 Å². The molecule has 1 aromatic rings. The number of nitrogens with one attached hydrogen (secondary N) is 1. The molecule has 1 rings (SSSR count). The van der Waals surface area contributed by atoms with E-state index in [1.807, 2.05) is 0 Å². The molecule has 0 saturated carbocycles. The van der Waals surface area contributed by atoms with Gasteiger partial charge in [0.25, 0.3) is 5.91 Å². The van der Waals surface area contributed by atoms with Gasteiger partial charge in [-0.3, -0.25) is 4.79 Å². The second-order valence-electron chi connectivity index (χ2n) is 3.93. The van der Waals surface area contributed by atoms with Gasteiger partial charge in [0.2, 0.25) is 0 Å². The Balaban J connectivity index is 2.94. The number of carbonyl (C=O) groups is 1. The van der Waals surface area contributed by atoms with Crippen LogP contribution < -0.4 is 5.32 Å². The molecule has 0 unspecified atom stereocenters. The van der Waals surface area contributed by atoms with Crippen LogP contribution in [-0.2, 0) is 0 Å². The van der Waals surface area contributed by atoms with E-state index in [-0.39, 0.29) is 10.6 Å². The molecule has 0 spiro atoms. The topological polar surface area (TPSA) is 69.6 Å². The summed E-state index contributed by atoms with van der Waals surface area (Å²) >= 11 is 5.64. The first-order valence-electron chi connectivity index (χ1n) is 4.92. The van der Waals surface area contributed by atoms with Gasteiger partial charge in [0.1, 0.15) is 5.82 Å². The molecule has 1 amide bonds. The Hall–Kier alpha value is -1.17. The summed E-state index contributed by atoms with van der Waals surface area (Å²) in [4.78, 5) is 11.8. The number of benzene rings is 1. The molecular weight excluding hydrogens is 249 g/mol. The first-order valence-corrected chi connectivity index (χ1v) is 5.29. The minimum absolute atomic E-state index is 0.0419. The van der Waals surface area contributed by atoms with E-state index in [4.69, 9.17) is 21.8 Å². The van der Waals surface area contributed by atoms with Crippen LogP contribution in [0.15, 0.2) is 18.2 Å². The van der Waals surface area contributed by atoms with Gasteiger partial charge in [-0.15, -0.1) is 0 Å². The number of aliphatic hydroxyl groups is 2.